The number of rotatable bonds is 7. The van der Waals surface area contributed by atoms with Gasteiger partial charge < -0.3 is 9.73 Å². The minimum Gasteiger partial charge on any atom is -0.468 e. The largest absolute Gasteiger partial charge is 0.468 e. The van der Waals surface area contributed by atoms with Gasteiger partial charge in [-0.05, 0) is 37.4 Å². The number of likely N-dealkylation sites (tertiary alicyclic amines) is 1. The van der Waals surface area contributed by atoms with Crippen molar-refractivity contribution in [3.8, 4) is 0 Å². The van der Waals surface area contributed by atoms with Crippen LogP contribution in [0.15, 0.2) is 16.7 Å². The highest BCUT2D eigenvalue weighted by Crippen LogP contribution is 2.38. The molecule has 1 N–H and O–H groups in total. The maximum absolute atomic E-state index is 5.72. The fourth-order valence-electron chi connectivity index (χ4n) is 3.32. The molecule has 1 aliphatic rings. The predicted octanol–water partition coefficient (Wildman–Crippen LogP) is 4.18. The molecular weight excluding hydrogens is 260 g/mol. The third-order valence-electron chi connectivity index (χ3n) is 5.32. The molecule has 1 fully saturated rings. The first-order valence-electron chi connectivity index (χ1n) is 8.59. The molecule has 0 radical (unpaired) electrons. The highest BCUT2D eigenvalue weighted by atomic mass is 16.3. The molecule has 1 saturated heterocycles. The zero-order chi connectivity index (χ0) is 15.3. The Morgan fingerprint density at radius 2 is 1.90 bits per heavy atom. The van der Waals surface area contributed by atoms with E-state index in [-0.39, 0.29) is 0 Å². The van der Waals surface area contributed by atoms with E-state index in [1.807, 2.05) is 6.26 Å². The second-order valence-electron chi connectivity index (χ2n) is 6.89. The molecule has 0 saturated carbocycles. The van der Waals surface area contributed by atoms with Crippen LogP contribution in [0.2, 0.25) is 0 Å². The number of nitrogens with one attached hydrogen (secondary N) is 1. The number of furan rings is 1. The minimum absolute atomic E-state index is 0.512. The van der Waals surface area contributed by atoms with Crippen molar-refractivity contribution >= 4 is 0 Å². The van der Waals surface area contributed by atoms with E-state index in [2.05, 4.69) is 44.0 Å². The lowest BCUT2D eigenvalue weighted by molar-refractivity contribution is 0.0860. The lowest BCUT2D eigenvalue weighted by atomic mass is 9.74. The zero-order valence-corrected chi connectivity index (χ0v) is 14.2. The highest BCUT2D eigenvalue weighted by molar-refractivity contribution is 5.17. The van der Waals surface area contributed by atoms with Gasteiger partial charge in [0.1, 0.15) is 5.76 Å². The Labute approximate surface area is 130 Å². The standard InChI is InChI=1S/C18H32N2O/c1-5-18(6-2)8-10-20(11-9-18)14-17-16(7-12-21-17)13-19-15(3)4/h7,12,15,19H,5-6,8-11,13-14H2,1-4H3. The van der Waals surface area contributed by atoms with E-state index in [1.54, 1.807) is 0 Å². The van der Waals surface area contributed by atoms with Crippen LogP contribution in [0.4, 0.5) is 0 Å². The predicted molar refractivity (Wildman–Crippen MR) is 88.2 cm³/mol. The van der Waals surface area contributed by atoms with Crippen molar-refractivity contribution in [2.45, 2.75) is 72.5 Å². The number of hydrogen-bond donors (Lipinski definition) is 1. The van der Waals surface area contributed by atoms with Gasteiger partial charge in [0.15, 0.2) is 0 Å². The molecule has 0 atom stereocenters. The van der Waals surface area contributed by atoms with Crippen LogP contribution in [0.25, 0.3) is 0 Å². The molecule has 2 rings (SSSR count). The van der Waals surface area contributed by atoms with Crippen LogP contribution in [-0.2, 0) is 13.1 Å². The van der Waals surface area contributed by atoms with Crippen molar-refractivity contribution in [1.29, 1.82) is 0 Å². The first kappa shape index (κ1) is 16.6. The Bertz CT molecular complexity index is 411. The first-order chi connectivity index (χ1) is 10.1. The molecule has 21 heavy (non-hydrogen) atoms. The normalized spacial score (nSPS) is 19.3. The van der Waals surface area contributed by atoms with Crippen molar-refractivity contribution in [1.82, 2.24) is 10.2 Å². The van der Waals surface area contributed by atoms with Crippen molar-refractivity contribution < 1.29 is 4.42 Å². The smallest absolute Gasteiger partial charge is 0.122 e. The van der Waals surface area contributed by atoms with Gasteiger partial charge in [-0.2, -0.15) is 0 Å². The van der Waals surface area contributed by atoms with Crippen molar-refractivity contribution in [3.63, 3.8) is 0 Å². The molecule has 120 valence electrons. The van der Waals surface area contributed by atoms with E-state index in [1.165, 1.54) is 44.3 Å². The zero-order valence-electron chi connectivity index (χ0n) is 14.2. The number of piperidine rings is 1. The van der Waals surface area contributed by atoms with Crippen molar-refractivity contribution in [2.75, 3.05) is 13.1 Å². The Hall–Kier alpha value is -0.800. The lowest BCUT2D eigenvalue weighted by Crippen LogP contribution is -2.39. The van der Waals surface area contributed by atoms with E-state index in [0.29, 0.717) is 11.5 Å². The van der Waals surface area contributed by atoms with Gasteiger partial charge in [-0.25, -0.2) is 0 Å². The molecular formula is C18H32N2O. The highest BCUT2D eigenvalue weighted by Gasteiger charge is 2.31. The fraction of sp³-hybridized carbons (Fsp3) is 0.778. The van der Waals surface area contributed by atoms with Gasteiger partial charge in [0.2, 0.25) is 0 Å². The van der Waals surface area contributed by atoms with Crippen molar-refractivity contribution in [3.05, 3.63) is 23.7 Å². The van der Waals surface area contributed by atoms with Gasteiger partial charge >= 0.3 is 0 Å². The second-order valence-corrected chi connectivity index (χ2v) is 6.89. The van der Waals surface area contributed by atoms with E-state index in [0.717, 1.165) is 18.8 Å². The van der Waals surface area contributed by atoms with Crippen molar-refractivity contribution in [2.24, 2.45) is 5.41 Å². The van der Waals surface area contributed by atoms with Crippen LogP contribution >= 0.6 is 0 Å². The van der Waals surface area contributed by atoms with E-state index in [9.17, 15) is 0 Å². The molecule has 0 aliphatic carbocycles. The molecule has 0 aromatic carbocycles. The fourth-order valence-corrected chi connectivity index (χ4v) is 3.32. The van der Waals surface area contributed by atoms with Gasteiger partial charge in [-0.3, -0.25) is 4.90 Å². The molecule has 0 bridgehead atoms. The first-order valence-corrected chi connectivity index (χ1v) is 8.59. The Kier molecular flexibility index (Phi) is 5.88. The second kappa shape index (κ2) is 7.46. The number of hydrogen-bond acceptors (Lipinski definition) is 3. The molecule has 1 aromatic heterocycles. The van der Waals surface area contributed by atoms with E-state index in [4.69, 9.17) is 4.42 Å². The summed E-state index contributed by atoms with van der Waals surface area (Å²) in [4.78, 5) is 2.56. The summed E-state index contributed by atoms with van der Waals surface area (Å²) in [7, 11) is 0. The Balaban J connectivity index is 1.88. The Morgan fingerprint density at radius 1 is 1.24 bits per heavy atom. The SMILES string of the molecule is CCC1(CC)CCN(Cc2occc2CNC(C)C)CC1. The van der Waals surface area contributed by atoms with Gasteiger partial charge in [-0.1, -0.05) is 40.5 Å². The molecule has 2 heterocycles. The molecule has 3 heteroatoms. The third kappa shape index (κ3) is 4.33. The van der Waals surface area contributed by atoms with E-state index >= 15 is 0 Å². The summed E-state index contributed by atoms with van der Waals surface area (Å²) in [5, 5.41) is 3.48. The summed E-state index contributed by atoms with van der Waals surface area (Å²) in [6.07, 6.45) is 7.14. The summed E-state index contributed by atoms with van der Waals surface area (Å²) >= 11 is 0. The van der Waals surface area contributed by atoms with Crippen LogP contribution < -0.4 is 5.32 Å². The van der Waals surface area contributed by atoms with Crippen LogP contribution in [0.5, 0.6) is 0 Å². The molecule has 1 aliphatic heterocycles. The average molecular weight is 292 g/mol. The summed E-state index contributed by atoms with van der Waals surface area (Å²) in [6, 6.07) is 2.62. The van der Waals surface area contributed by atoms with Gasteiger partial charge in [0.25, 0.3) is 0 Å². The molecule has 0 unspecified atom stereocenters. The maximum Gasteiger partial charge on any atom is 0.122 e. The van der Waals surface area contributed by atoms with Gasteiger partial charge in [0, 0.05) is 18.2 Å². The average Bonchev–Trinajstić information content (AvgIpc) is 2.93. The topological polar surface area (TPSA) is 28.4 Å². The molecule has 0 spiro atoms. The Morgan fingerprint density at radius 3 is 2.48 bits per heavy atom. The lowest BCUT2D eigenvalue weighted by Gasteiger charge is -2.40. The summed E-state index contributed by atoms with van der Waals surface area (Å²) in [5.74, 6) is 1.14. The summed E-state index contributed by atoms with van der Waals surface area (Å²) in [6.45, 7) is 13.3. The third-order valence-corrected chi connectivity index (χ3v) is 5.32. The summed E-state index contributed by atoms with van der Waals surface area (Å²) in [5.41, 5.74) is 1.91. The van der Waals surface area contributed by atoms with Crippen LogP contribution in [0.1, 0.15) is 64.7 Å². The van der Waals surface area contributed by atoms with Crippen LogP contribution in [0, 0.1) is 5.41 Å². The monoisotopic (exact) mass is 292 g/mol. The maximum atomic E-state index is 5.72. The minimum atomic E-state index is 0.512. The molecule has 3 nitrogen and oxygen atoms in total. The summed E-state index contributed by atoms with van der Waals surface area (Å²) < 4.78 is 5.72. The van der Waals surface area contributed by atoms with E-state index < -0.39 is 0 Å². The molecule has 1 aromatic rings. The van der Waals surface area contributed by atoms with Gasteiger partial charge in [0.05, 0.1) is 12.8 Å². The van der Waals surface area contributed by atoms with Gasteiger partial charge in [-0.15, -0.1) is 0 Å². The van der Waals surface area contributed by atoms with Crippen LogP contribution in [0.3, 0.4) is 0 Å². The number of nitrogens with zero attached hydrogens (tertiary/aromatic N) is 1. The molecule has 0 amide bonds. The van der Waals surface area contributed by atoms with Crippen LogP contribution in [-0.4, -0.2) is 24.0 Å². The quantitative estimate of drug-likeness (QED) is 0.817.